The lowest BCUT2D eigenvalue weighted by Gasteiger charge is -2.24. The fourth-order valence-electron chi connectivity index (χ4n) is 2.45. The van der Waals surface area contributed by atoms with Crippen molar-refractivity contribution in [1.82, 2.24) is 10.6 Å². The van der Waals surface area contributed by atoms with E-state index < -0.39 is 0 Å². The molecule has 2 saturated heterocycles. The van der Waals surface area contributed by atoms with Crippen LogP contribution in [0.25, 0.3) is 0 Å². The molecule has 2 heterocycles. The number of aliphatic imine (C=N–C) groups is 1. The van der Waals surface area contributed by atoms with Gasteiger partial charge in [0.2, 0.25) is 0 Å². The van der Waals surface area contributed by atoms with Gasteiger partial charge in [0.25, 0.3) is 0 Å². The summed E-state index contributed by atoms with van der Waals surface area (Å²) in [5, 5.41) is 6.86. The van der Waals surface area contributed by atoms with Gasteiger partial charge in [-0.15, -0.1) is 0 Å². The molecule has 0 aromatic carbocycles. The lowest BCUT2D eigenvalue weighted by atomic mass is 10.1. The van der Waals surface area contributed by atoms with Crippen molar-refractivity contribution in [3.8, 4) is 0 Å². The second-order valence-corrected chi connectivity index (χ2v) is 7.12. The molecule has 0 amide bonds. The average Bonchev–Trinajstić information content (AvgIpc) is 3.01. The first-order valence-electron chi connectivity index (χ1n) is 6.88. The van der Waals surface area contributed by atoms with Crippen molar-refractivity contribution in [3.63, 3.8) is 0 Å². The molecular formula is C13H25N3OS. The van der Waals surface area contributed by atoms with Crippen LogP contribution in [-0.2, 0) is 4.74 Å². The highest BCUT2D eigenvalue weighted by Crippen LogP contribution is 2.36. The molecule has 18 heavy (non-hydrogen) atoms. The van der Waals surface area contributed by atoms with Crippen LogP contribution in [-0.4, -0.2) is 49.8 Å². The molecule has 2 aliphatic rings. The number of guanidine groups is 1. The van der Waals surface area contributed by atoms with Gasteiger partial charge in [0.15, 0.2) is 5.96 Å². The fourth-order valence-corrected chi connectivity index (χ4v) is 3.70. The number of nitrogens with one attached hydrogen (secondary N) is 2. The monoisotopic (exact) mass is 271 g/mol. The first kappa shape index (κ1) is 14.0. The van der Waals surface area contributed by atoms with Crippen molar-refractivity contribution in [2.24, 2.45) is 10.9 Å². The molecule has 2 rings (SSSR count). The Labute approximate surface area is 114 Å². The smallest absolute Gasteiger partial charge is 0.191 e. The third kappa shape index (κ3) is 4.05. The quantitative estimate of drug-likeness (QED) is 0.600. The topological polar surface area (TPSA) is 45.7 Å². The summed E-state index contributed by atoms with van der Waals surface area (Å²) in [5.74, 6) is 2.86. The van der Waals surface area contributed by atoms with Gasteiger partial charge in [0.05, 0.1) is 6.61 Å². The van der Waals surface area contributed by atoms with Gasteiger partial charge in [0, 0.05) is 37.4 Å². The van der Waals surface area contributed by atoms with E-state index in [1.165, 1.54) is 18.6 Å². The Morgan fingerprint density at radius 1 is 1.50 bits per heavy atom. The number of hydrogen-bond acceptors (Lipinski definition) is 3. The second-order valence-electron chi connectivity index (χ2n) is 5.44. The maximum Gasteiger partial charge on any atom is 0.191 e. The predicted molar refractivity (Wildman–Crippen MR) is 78.4 cm³/mol. The van der Waals surface area contributed by atoms with E-state index in [1.807, 2.05) is 7.05 Å². The van der Waals surface area contributed by atoms with Crippen molar-refractivity contribution in [1.29, 1.82) is 0 Å². The molecule has 0 saturated carbocycles. The molecule has 5 heteroatoms. The minimum absolute atomic E-state index is 0.383. The standard InChI is InChI=1S/C13H25N3OS/c1-13(5-3-7-18-13)10-16-12(14-2)15-8-11-4-6-17-9-11/h11H,3-10H2,1-2H3,(H2,14,15,16). The molecule has 104 valence electrons. The normalized spacial score (nSPS) is 32.8. The Morgan fingerprint density at radius 3 is 3.00 bits per heavy atom. The lowest BCUT2D eigenvalue weighted by Crippen LogP contribution is -2.45. The Hall–Kier alpha value is -0.420. The van der Waals surface area contributed by atoms with Crippen molar-refractivity contribution >= 4 is 17.7 Å². The molecule has 0 spiro atoms. The average molecular weight is 271 g/mol. The van der Waals surface area contributed by atoms with Gasteiger partial charge in [0.1, 0.15) is 0 Å². The highest BCUT2D eigenvalue weighted by Gasteiger charge is 2.29. The van der Waals surface area contributed by atoms with Crippen LogP contribution in [0.2, 0.25) is 0 Å². The third-order valence-corrected chi connectivity index (χ3v) is 5.27. The highest BCUT2D eigenvalue weighted by molar-refractivity contribution is 8.00. The summed E-state index contributed by atoms with van der Waals surface area (Å²) in [7, 11) is 1.84. The number of rotatable bonds is 4. The molecule has 2 fully saturated rings. The zero-order valence-electron chi connectivity index (χ0n) is 11.5. The summed E-state index contributed by atoms with van der Waals surface area (Å²) in [6, 6.07) is 0. The van der Waals surface area contributed by atoms with E-state index in [4.69, 9.17) is 4.74 Å². The largest absolute Gasteiger partial charge is 0.381 e. The van der Waals surface area contributed by atoms with Gasteiger partial charge in [-0.25, -0.2) is 0 Å². The summed E-state index contributed by atoms with van der Waals surface area (Å²) in [5.41, 5.74) is 0. The molecule has 4 nitrogen and oxygen atoms in total. The maximum absolute atomic E-state index is 5.38. The summed E-state index contributed by atoms with van der Waals surface area (Å²) >= 11 is 2.08. The van der Waals surface area contributed by atoms with E-state index in [1.54, 1.807) is 0 Å². The van der Waals surface area contributed by atoms with Crippen molar-refractivity contribution in [3.05, 3.63) is 0 Å². The molecular weight excluding hydrogens is 246 g/mol. The van der Waals surface area contributed by atoms with Gasteiger partial charge in [-0.05, 0) is 31.9 Å². The summed E-state index contributed by atoms with van der Waals surface area (Å²) in [6.45, 7) is 6.10. The number of thioether (sulfide) groups is 1. The van der Waals surface area contributed by atoms with E-state index in [0.717, 1.165) is 38.7 Å². The highest BCUT2D eigenvalue weighted by atomic mass is 32.2. The molecule has 0 bridgehead atoms. The van der Waals surface area contributed by atoms with Gasteiger partial charge < -0.3 is 15.4 Å². The Morgan fingerprint density at radius 2 is 2.39 bits per heavy atom. The van der Waals surface area contributed by atoms with Crippen LogP contribution in [0.1, 0.15) is 26.2 Å². The zero-order chi connectivity index (χ0) is 12.8. The molecule has 2 atom stereocenters. The van der Waals surface area contributed by atoms with Gasteiger partial charge in [-0.2, -0.15) is 11.8 Å². The summed E-state index contributed by atoms with van der Waals surface area (Å²) in [4.78, 5) is 4.29. The van der Waals surface area contributed by atoms with E-state index >= 15 is 0 Å². The maximum atomic E-state index is 5.38. The number of hydrogen-bond donors (Lipinski definition) is 2. The van der Waals surface area contributed by atoms with E-state index in [-0.39, 0.29) is 0 Å². The van der Waals surface area contributed by atoms with Crippen LogP contribution in [0.4, 0.5) is 0 Å². The lowest BCUT2D eigenvalue weighted by molar-refractivity contribution is 0.186. The molecule has 0 aliphatic carbocycles. The predicted octanol–water partition coefficient (Wildman–Crippen LogP) is 1.47. The van der Waals surface area contributed by atoms with Gasteiger partial charge in [-0.3, -0.25) is 4.99 Å². The molecule has 0 radical (unpaired) electrons. The SMILES string of the molecule is CN=C(NCC1CCOC1)NCC1(C)CCCS1. The molecule has 0 aromatic rings. The van der Waals surface area contributed by atoms with Gasteiger partial charge in [-0.1, -0.05) is 0 Å². The fraction of sp³-hybridized carbons (Fsp3) is 0.923. The first-order chi connectivity index (χ1) is 8.72. The number of ether oxygens (including phenoxy) is 1. The molecule has 0 aromatic heterocycles. The second kappa shape index (κ2) is 6.66. The molecule has 2 N–H and O–H groups in total. The first-order valence-corrected chi connectivity index (χ1v) is 7.87. The third-order valence-electron chi connectivity index (χ3n) is 3.74. The van der Waals surface area contributed by atoms with Gasteiger partial charge >= 0.3 is 0 Å². The molecule has 2 aliphatic heterocycles. The van der Waals surface area contributed by atoms with E-state index in [9.17, 15) is 0 Å². The van der Waals surface area contributed by atoms with Crippen LogP contribution >= 0.6 is 11.8 Å². The van der Waals surface area contributed by atoms with E-state index in [0.29, 0.717) is 10.7 Å². The van der Waals surface area contributed by atoms with Crippen LogP contribution < -0.4 is 10.6 Å². The minimum atomic E-state index is 0.383. The summed E-state index contributed by atoms with van der Waals surface area (Å²) < 4.78 is 5.76. The minimum Gasteiger partial charge on any atom is -0.381 e. The Balaban J connectivity index is 1.68. The van der Waals surface area contributed by atoms with E-state index in [2.05, 4.69) is 34.3 Å². The van der Waals surface area contributed by atoms with Crippen LogP contribution in [0, 0.1) is 5.92 Å². The Kier molecular flexibility index (Phi) is 5.18. The van der Waals surface area contributed by atoms with Crippen molar-refractivity contribution < 1.29 is 4.74 Å². The zero-order valence-corrected chi connectivity index (χ0v) is 12.3. The van der Waals surface area contributed by atoms with Crippen LogP contribution in [0.15, 0.2) is 4.99 Å². The van der Waals surface area contributed by atoms with Crippen LogP contribution in [0.3, 0.4) is 0 Å². The Bertz CT molecular complexity index is 284. The van der Waals surface area contributed by atoms with Crippen LogP contribution in [0.5, 0.6) is 0 Å². The number of nitrogens with zero attached hydrogens (tertiary/aromatic N) is 1. The summed E-state index contributed by atoms with van der Waals surface area (Å²) in [6.07, 6.45) is 3.81. The molecule has 2 unspecified atom stereocenters. The van der Waals surface area contributed by atoms with Crippen molar-refractivity contribution in [2.45, 2.75) is 30.9 Å². The van der Waals surface area contributed by atoms with Crippen molar-refractivity contribution in [2.75, 3.05) is 39.1 Å².